The number of nitrogens with one attached hydrogen (secondary N) is 2. The Kier molecular flexibility index (Phi) is 6.17. The van der Waals surface area contributed by atoms with E-state index in [9.17, 15) is 4.79 Å². The van der Waals surface area contributed by atoms with Crippen LogP contribution >= 0.6 is 0 Å². The Balaban J connectivity index is 2.03. The van der Waals surface area contributed by atoms with Crippen LogP contribution in [0.4, 0.5) is 5.69 Å². The van der Waals surface area contributed by atoms with Crippen molar-refractivity contribution in [1.29, 1.82) is 0 Å². The Hall–Kier alpha value is -1.43. The minimum absolute atomic E-state index is 0.148. The summed E-state index contributed by atoms with van der Waals surface area (Å²) in [6.07, 6.45) is 0.553. The van der Waals surface area contributed by atoms with E-state index in [4.69, 9.17) is 9.47 Å². The summed E-state index contributed by atoms with van der Waals surface area (Å²) in [5, 5.41) is 6.39. The molecule has 1 aliphatic rings. The highest BCUT2D eigenvalue weighted by atomic mass is 16.6. The standard InChI is InChI=1S/C16H24N2O3/c1-3-8-17-12(2)13-6-4-5-7-14(13)18-16(19)15-11-20-9-10-21-15/h4-7,12,15,17H,3,8-11H2,1-2H3,(H,18,19). The fraction of sp³-hybridized carbons (Fsp3) is 0.562. The van der Waals surface area contributed by atoms with Gasteiger partial charge in [0, 0.05) is 11.7 Å². The van der Waals surface area contributed by atoms with Gasteiger partial charge in [-0.3, -0.25) is 4.79 Å². The molecular formula is C16H24N2O3. The summed E-state index contributed by atoms with van der Waals surface area (Å²) in [4.78, 5) is 12.2. The Morgan fingerprint density at radius 3 is 2.90 bits per heavy atom. The van der Waals surface area contributed by atoms with E-state index in [1.165, 1.54) is 0 Å². The minimum Gasteiger partial charge on any atom is -0.376 e. The van der Waals surface area contributed by atoms with E-state index >= 15 is 0 Å². The third kappa shape index (κ3) is 4.52. The lowest BCUT2D eigenvalue weighted by Gasteiger charge is -2.23. The van der Waals surface area contributed by atoms with Gasteiger partial charge in [0.15, 0.2) is 6.10 Å². The van der Waals surface area contributed by atoms with Crippen LogP contribution in [0.2, 0.25) is 0 Å². The molecule has 0 saturated carbocycles. The van der Waals surface area contributed by atoms with Gasteiger partial charge in [-0.1, -0.05) is 25.1 Å². The van der Waals surface area contributed by atoms with Crippen molar-refractivity contribution in [3.05, 3.63) is 29.8 Å². The average Bonchev–Trinajstić information content (AvgIpc) is 2.54. The van der Waals surface area contributed by atoms with Gasteiger partial charge >= 0.3 is 0 Å². The van der Waals surface area contributed by atoms with Crippen LogP contribution in [0.3, 0.4) is 0 Å². The molecule has 21 heavy (non-hydrogen) atoms. The van der Waals surface area contributed by atoms with Crippen molar-refractivity contribution in [2.45, 2.75) is 32.4 Å². The summed E-state index contributed by atoms with van der Waals surface area (Å²) in [5.41, 5.74) is 1.91. The Bertz CT molecular complexity index is 459. The van der Waals surface area contributed by atoms with E-state index in [1.54, 1.807) is 0 Å². The molecule has 1 aromatic carbocycles. The molecule has 2 rings (SSSR count). The number of carbonyl (C=O) groups is 1. The van der Waals surface area contributed by atoms with Crippen LogP contribution in [0.5, 0.6) is 0 Å². The van der Waals surface area contributed by atoms with E-state index in [0.29, 0.717) is 19.8 Å². The van der Waals surface area contributed by atoms with Crippen LogP contribution in [-0.4, -0.2) is 38.4 Å². The zero-order chi connectivity index (χ0) is 15.1. The highest BCUT2D eigenvalue weighted by Crippen LogP contribution is 2.23. The normalized spacial score (nSPS) is 20.0. The third-order valence-electron chi connectivity index (χ3n) is 3.49. The number of para-hydroxylation sites is 1. The lowest BCUT2D eigenvalue weighted by atomic mass is 10.1. The molecule has 5 nitrogen and oxygen atoms in total. The quantitative estimate of drug-likeness (QED) is 0.843. The molecule has 0 radical (unpaired) electrons. The van der Waals surface area contributed by atoms with Crippen LogP contribution in [0.25, 0.3) is 0 Å². The van der Waals surface area contributed by atoms with Crippen LogP contribution in [0.15, 0.2) is 24.3 Å². The molecule has 1 aromatic rings. The van der Waals surface area contributed by atoms with E-state index in [0.717, 1.165) is 24.2 Å². The lowest BCUT2D eigenvalue weighted by Crippen LogP contribution is -2.39. The number of anilines is 1. The van der Waals surface area contributed by atoms with Crippen molar-refractivity contribution in [1.82, 2.24) is 5.32 Å². The predicted octanol–water partition coefficient (Wildman–Crippen LogP) is 2.10. The monoisotopic (exact) mass is 292 g/mol. The number of hydrogen-bond donors (Lipinski definition) is 2. The van der Waals surface area contributed by atoms with E-state index in [2.05, 4.69) is 24.5 Å². The molecule has 2 atom stereocenters. The van der Waals surface area contributed by atoms with Crippen LogP contribution in [0, 0.1) is 0 Å². The summed E-state index contributed by atoms with van der Waals surface area (Å²) in [7, 11) is 0. The fourth-order valence-electron chi connectivity index (χ4n) is 2.31. The first-order valence-corrected chi connectivity index (χ1v) is 7.55. The molecule has 1 aliphatic heterocycles. The first-order valence-electron chi connectivity index (χ1n) is 7.55. The van der Waals surface area contributed by atoms with Crippen molar-refractivity contribution >= 4 is 11.6 Å². The maximum atomic E-state index is 12.2. The second-order valence-electron chi connectivity index (χ2n) is 5.19. The van der Waals surface area contributed by atoms with E-state index in [-0.39, 0.29) is 11.9 Å². The molecule has 0 aromatic heterocycles. The number of rotatable bonds is 6. The minimum atomic E-state index is -0.522. The number of benzene rings is 1. The maximum absolute atomic E-state index is 12.2. The molecule has 0 spiro atoms. The van der Waals surface area contributed by atoms with Gasteiger partial charge in [-0.2, -0.15) is 0 Å². The van der Waals surface area contributed by atoms with Gasteiger partial charge in [0.05, 0.1) is 19.8 Å². The Morgan fingerprint density at radius 1 is 1.38 bits per heavy atom. The first kappa shape index (κ1) is 15.9. The van der Waals surface area contributed by atoms with Gasteiger partial charge in [-0.15, -0.1) is 0 Å². The summed E-state index contributed by atoms with van der Waals surface area (Å²) in [5.74, 6) is -0.148. The van der Waals surface area contributed by atoms with Gasteiger partial charge in [0.1, 0.15) is 0 Å². The van der Waals surface area contributed by atoms with Crippen molar-refractivity contribution in [2.75, 3.05) is 31.7 Å². The smallest absolute Gasteiger partial charge is 0.255 e. The summed E-state index contributed by atoms with van der Waals surface area (Å²) in [6.45, 7) is 6.52. The molecule has 1 heterocycles. The highest BCUT2D eigenvalue weighted by Gasteiger charge is 2.23. The summed E-state index contributed by atoms with van der Waals surface area (Å²) < 4.78 is 10.7. The molecule has 1 amide bonds. The van der Waals surface area contributed by atoms with Crippen molar-refractivity contribution in [2.24, 2.45) is 0 Å². The van der Waals surface area contributed by atoms with Gasteiger partial charge < -0.3 is 20.1 Å². The Labute approximate surface area is 126 Å². The van der Waals surface area contributed by atoms with Gasteiger partial charge in [-0.05, 0) is 31.5 Å². The van der Waals surface area contributed by atoms with E-state index < -0.39 is 6.10 Å². The number of carbonyl (C=O) groups excluding carboxylic acids is 1. The summed E-state index contributed by atoms with van der Waals surface area (Å²) in [6, 6.07) is 8.03. The zero-order valence-electron chi connectivity index (χ0n) is 12.7. The number of ether oxygens (including phenoxy) is 2. The molecule has 116 valence electrons. The topological polar surface area (TPSA) is 59.6 Å². The molecular weight excluding hydrogens is 268 g/mol. The first-order chi connectivity index (χ1) is 10.2. The molecule has 0 aliphatic carbocycles. The number of hydrogen-bond acceptors (Lipinski definition) is 4. The van der Waals surface area contributed by atoms with Crippen molar-refractivity contribution in [3.63, 3.8) is 0 Å². The van der Waals surface area contributed by atoms with Crippen LogP contribution in [0.1, 0.15) is 31.9 Å². The average molecular weight is 292 g/mol. The largest absolute Gasteiger partial charge is 0.376 e. The highest BCUT2D eigenvalue weighted by molar-refractivity contribution is 5.95. The zero-order valence-corrected chi connectivity index (χ0v) is 12.7. The second kappa shape index (κ2) is 8.12. The van der Waals surface area contributed by atoms with Gasteiger partial charge in [0.2, 0.25) is 0 Å². The Morgan fingerprint density at radius 2 is 2.19 bits per heavy atom. The molecule has 1 fully saturated rings. The van der Waals surface area contributed by atoms with Crippen molar-refractivity contribution in [3.8, 4) is 0 Å². The predicted molar refractivity (Wildman–Crippen MR) is 82.3 cm³/mol. The third-order valence-corrected chi connectivity index (χ3v) is 3.49. The number of amides is 1. The van der Waals surface area contributed by atoms with Gasteiger partial charge in [0.25, 0.3) is 5.91 Å². The van der Waals surface area contributed by atoms with E-state index in [1.807, 2.05) is 24.3 Å². The van der Waals surface area contributed by atoms with Crippen molar-refractivity contribution < 1.29 is 14.3 Å². The van der Waals surface area contributed by atoms with Gasteiger partial charge in [-0.25, -0.2) is 0 Å². The van der Waals surface area contributed by atoms with Crippen LogP contribution < -0.4 is 10.6 Å². The molecule has 2 unspecified atom stereocenters. The molecule has 1 saturated heterocycles. The van der Waals surface area contributed by atoms with Crippen LogP contribution in [-0.2, 0) is 14.3 Å². The molecule has 0 bridgehead atoms. The molecule has 2 N–H and O–H groups in total. The molecule has 5 heteroatoms. The maximum Gasteiger partial charge on any atom is 0.255 e. The SMILES string of the molecule is CCCNC(C)c1ccccc1NC(=O)C1COCCO1. The lowest BCUT2D eigenvalue weighted by molar-refractivity contribution is -0.142. The fourth-order valence-corrected chi connectivity index (χ4v) is 2.31. The second-order valence-corrected chi connectivity index (χ2v) is 5.19. The summed E-state index contributed by atoms with van der Waals surface area (Å²) >= 11 is 0.